The molecular formula is C24H26ClN3O7. The fraction of sp³-hybridized carbons (Fsp3) is 0.333. The number of ether oxygens (including phenoxy) is 3. The van der Waals surface area contributed by atoms with Gasteiger partial charge in [-0.25, -0.2) is 9.59 Å². The quantitative estimate of drug-likeness (QED) is 0.442. The molecule has 0 saturated heterocycles. The van der Waals surface area contributed by atoms with E-state index in [0.717, 1.165) is 0 Å². The summed E-state index contributed by atoms with van der Waals surface area (Å²) in [7, 11) is 2.92. The largest absolute Gasteiger partial charge is 0.480 e. The van der Waals surface area contributed by atoms with Crippen LogP contribution in [0.15, 0.2) is 30.5 Å². The Hall–Kier alpha value is -3.63. The monoisotopic (exact) mass is 503 g/mol. The number of aromatic nitrogens is 2. The van der Waals surface area contributed by atoms with Gasteiger partial charge in [-0.05, 0) is 45.0 Å². The highest BCUT2D eigenvalue weighted by molar-refractivity contribution is 6.34. The predicted octanol–water partition coefficient (Wildman–Crippen LogP) is 3.91. The van der Waals surface area contributed by atoms with E-state index in [0.29, 0.717) is 32.6 Å². The van der Waals surface area contributed by atoms with E-state index < -0.39 is 36.7 Å². The molecule has 1 aromatic carbocycles. The van der Waals surface area contributed by atoms with Gasteiger partial charge in [0.25, 0.3) is 5.91 Å². The number of hydrogen-bond acceptors (Lipinski definition) is 7. The van der Waals surface area contributed by atoms with E-state index in [1.807, 2.05) is 0 Å². The molecule has 0 radical (unpaired) electrons. The van der Waals surface area contributed by atoms with Crippen molar-refractivity contribution in [2.75, 3.05) is 32.3 Å². The number of H-pyrrole nitrogens is 1. The van der Waals surface area contributed by atoms with Crippen LogP contribution in [-0.4, -0.2) is 65.9 Å². The average molecular weight is 504 g/mol. The van der Waals surface area contributed by atoms with Crippen LogP contribution in [0.4, 0.5) is 5.82 Å². The van der Waals surface area contributed by atoms with Gasteiger partial charge in [0.05, 0.1) is 17.7 Å². The van der Waals surface area contributed by atoms with Crippen molar-refractivity contribution >= 4 is 46.2 Å². The minimum absolute atomic E-state index is 0.198. The maximum Gasteiger partial charge on any atom is 0.340 e. The van der Waals surface area contributed by atoms with Crippen LogP contribution in [0.1, 0.15) is 31.1 Å². The first-order chi connectivity index (χ1) is 16.4. The number of esters is 1. The maximum absolute atomic E-state index is 12.7. The lowest BCUT2D eigenvalue weighted by atomic mass is 10.0. The summed E-state index contributed by atoms with van der Waals surface area (Å²) in [4.78, 5) is 44.2. The number of benzene rings is 1. The molecule has 3 rings (SSSR count). The molecule has 0 saturated carbocycles. The lowest BCUT2D eigenvalue weighted by Gasteiger charge is -2.19. The van der Waals surface area contributed by atoms with Crippen molar-refractivity contribution in [3.63, 3.8) is 0 Å². The van der Waals surface area contributed by atoms with Crippen LogP contribution in [0.2, 0.25) is 5.02 Å². The standard InChI is InChI=1S/C24H26ClN3O7/c1-24(2,3)35-23(32)16-10-26-18-9-17(25)14(8-15(16)18)13-6-7-19(27-22(13)33-5)28(4)20(29)11-34-12-21(30)31/h6-10,26H,11-12H2,1-5H3,(H,30,31). The number of rotatable bonds is 8. The van der Waals surface area contributed by atoms with Gasteiger partial charge < -0.3 is 24.3 Å². The molecule has 35 heavy (non-hydrogen) atoms. The fourth-order valence-corrected chi connectivity index (χ4v) is 3.55. The molecule has 3 aromatic rings. The number of carbonyl (C=O) groups excluding carboxylic acids is 2. The molecule has 0 bridgehead atoms. The van der Waals surface area contributed by atoms with E-state index in [9.17, 15) is 14.4 Å². The Morgan fingerprint density at radius 1 is 1.14 bits per heavy atom. The van der Waals surface area contributed by atoms with Crippen LogP contribution in [0.3, 0.4) is 0 Å². The van der Waals surface area contributed by atoms with Crippen molar-refractivity contribution < 1.29 is 33.7 Å². The molecule has 1 amide bonds. The number of aliphatic carboxylic acids is 1. The smallest absolute Gasteiger partial charge is 0.340 e. The van der Waals surface area contributed by atoms with Gasteiger partial charge in [0.15, 0.2) is 0 Å². The van der Waals surface area contributed by atoms with Crippen LogP contribution >= 0.6 is 11.6 Å². The molecule has 0 aliphatic heterocycles. The summed E-state index contributed by atoms with van der Waals surface area (Å²) < 4.78 is 15.8. The van der Waals surface area contributed by atoms with Crippen LogP contribution in [-0.2, 0) is 19.1 Å². The zero-order valence-electron chi connectivity index (χ0n) is 20.0. The fourth-order valence-electron chi connectivity index (χ4n) is 3.28. The van der Waals surface area contributed by atoms with Crippen molar-refractivity contribution in [3.05, 3.63) is 41.0 Å². The number of fused-ring (bicyclic) bond motifs is 1. The summed E-state index contributed by atoms with van der Waals surface area (Å²) in [6.07, 6.45) is 1.57. The Morgan fingerprint density at radius 3 is 2.49 bits per heavy atom. The van der Waals surface area contributed by atoms with E-state index in [-0.39, 0.29) is 11.7 Å². The Balaban J connectivity index is 1.96. The molecule has 0 fully saturated rings. The molecule has 2 heterocycles. The van der Waals surface area contributed by atoms with Gasteiger partial charge in [-0.2, -0.15) is 4.98 Å². The van der Waals surface area contributed by atoms with Gasteiger partial charge in [-0.3, -0.25) is 9.69 Å². The van der Waals surface area contributed by atoms with Crippen molar-refractivity contribution in [2.24, 2.45) is 0 Å². The molecule has 0 atom stereocenters. The second-order valence-corrected chi connectivity index (χ2v) is 9.05. The summed E-state index contributed by atoms with van der Waals surface area (Å²) in [5, 5.41) is 9.66. The molecule has 10 nitrogen and oxygen atoms in total. The van der Waals surface area contributed by atoms with E-state index in [1.165, 1.54) is 19.1 Å². The van der Waals surface area contributed by atoms with Crippen molar-refractivity contribution in [1.82, 2.24) is 9.97 Å². The van der Waals surface area contributed by atoms with Gasteiger partial charge in [-0.1, -0.05) is 11.6 Å². The average Bonchev–Trinajstić information content (AvgIpc) is 3.19. The highest BCUT2D eigenvalue weighted by Gasteiger charge is 2.23. The molecule has 0 spiro atoms. The van der Waals surface area contributed by atoms with E-state index in [2.05, 4.69) is 9.97 Å². The summed E-state index contributed by atoms with van der Waals surface area (Å²) >= 11 is 6.55. The SMILES string of the molecule is COc1nc(N(C)C(=O)COCC(=O)O)ccc1-c1cc2c(C(=O)OC(C)(C)C)c[nH]c2cc1Cl. The summed E-state index contributed by atoms with van der Waals surface area (Å²) in [6.45, 7) is 4.37. The Morgan fingerprint density at radius 2 is 1.86 bits per heavy atom. The normalized spacial score (nSPS) is 11.4. The van der Waals surface area contributed by atoms with Crippen molar-refractivity contribution in [3.8, 4) is 17.0 Å². The molecule has 2 aromatic heterocycles. The first-order valence-corrected chi connectivity index (χ1v) is 10.9. The van der Waals surface area contributed by atoms with Crippen LogP contribution in [0.25, 0.3) is 22.0 Å². The van der Waals surface area contributed by atoms with E-state index in [1.54, 1.807) is 51.2 Å². The topological polar surface area (TPSA) is 131 Å². The first kappa shape index (κ1) is 26.0. The number of nitrogens with one attached hydrogen (secondary N) is 1. The Kier molecular flexibility index (Phi) is 7.67. The lowest BCUT2D eigenvalue weighted by Crippen LogP contribution is -2.31. The van der Waals surface area contributed by atoms with Crippen LogP contribution in [0, 0.1) is 0 Å². The highest BCUT2D eigenvalue weighted by atomic mass is 35.5. The number of carboxylic acids is 1. The number of carboxylic acid groups (broad SMARTS) is 1. The van der Waals surface area contributed by atoms with Gasteiger partial charge in [-0.15, -0.1) is 0 Å². The number of likely N-dealkylation sites (N-methyl/N-ethyl adjacent to an activating group) is 1. The van der Waals surface area contributed by atoms with Crippen molar-refractivity contribution in [1.29, 1.82) is 0 Å². The predicted molar refractivity (Wildman–Crippen MR) is 130 cm³/mol. The highest BCUT2D eigenvalue weighted by Crippen LogP contribution is 2.38. The summed E-state index contributed by atoms with van der Waals surface area (Å²) in [5.41, 5.74) is 1.49. The van der Waals surface area contributed by atoms with Crippen LogP contribution < -0.4 is 9.64 Å². The molecule has 0 aliphatic rings. The second kappa shape index (κ2) is 10.3. The lowest BCUT2D eigenvalue weighted by molar-refractivity contribution is -0.143. The molecule has 186 valence electrons. The van der Waals surface area contributed by atoms with Crippen LogP contribution in [0.5, 0.6) is 5.88 Å². The number of nitrogens with zero attached hydrogens (tertiary/aromatic N) is 2. The summed E-state index contributed by atoms with van der Waals surface area (Å²) in [5.74, 6) is -1.66. The minimum Gasteiger partial charge on any atom is -0.480 e. The van der Waals surface area contributed by atoms with Crippen molar-refractivity contribution in [2.45, 2.75) is 26.4 Å². The zero-order valence-corrected chi connectivity index (χ0v) is 20.7. The first-order valence-electron chi connectivity index (χ1n) is 10.6. The third-order valence-corrected chi connectivity index (χ3v) is 5.20. The molecule has 2 N–H and O–H groups in total. The maximum atomic E-state index is 12.7. The number of amides is 1. The Bertz CT molecular complexity index is 1280. The van der Waals surface area contributed by atoms with E-state index >= 15 is 0 Å². The third kappa shape index (κ3) is 6.09. The molecule has 0 aliphatic carbocycles. The number of halogens is 1. The number of methoxy groups -OCH3 is 1. The number of anilines is 1. The number of aromatic amines is 1. The van der Waals surface area contributed by atoms with Gasteiger partial charge in [0, 0.05) is 35.3 Å². The van der Waals surface area contributed by atoms with Gasteiger partial charge in [0.2, 0.25) is 5.88 Å². The minimum atomic E-state index is -1.17. The Labute approximate surface area is 206 Å². The third-order valence-electron chi connectivity index (χ3n) is 4.89. The zero-order chi connectivity index (χ0) is 25.9. The molecule has 11 heteroatoms. The molecule has 0 unspecified atom stereocenters. The number of carbonyl (C=O) groups is 3. The number of pyridine rings is 1. The molecular weight excluding hydrogens is 478 g/mol. The number of hydrogen-bond donors (Lipinski definition) is 2. The van der Waals surface area contributed by atoms with Gasteiger partial charge in [0.1, 0.15) is 24.6 Å². The van der Waals surface area contributed by atoms with E-state index in [4.69, 9.17) is 30.9 Å². The summed E-state index contributed by atoms with van der Waals surface area (Å²) in [6, 6.07) is 6.74. The van der Waals surface area contributed by atoms with Gasteiger partial charge >= 0.3 is 11.9 Å². The second-order valence-electron chi connectivity index (χ2n) is 8.65.